The highest BCUT2D eigenvalue weighted by atomic mass is 35.5. The Bertz CT molecular complexity index is 1100. The number of halogens is 1. The number of aromatic nitrogens is 2. The number of hydrogen-bond acceptors (Lipinski definition) is 7. The zero-order chi connectivity index (χ0) is 22.7. The zero-order valence-electron chi connectivity index (χ0n) is 18.7. The molecule has 1 atom stereocenters. The van der Waals surface area contributed by atoms with E-state index in [4.69, 9.17) is 11.6 Å². The normalized spacial score (nSPS) is 17.6. The lowest BCUT2D eigenvalue weighted by Crippen LogP contribution is -2.50. The fourth-order valence-corrected chi connectivity index (χ4v) is 5.31. The fourth-order valence-electron chi connectivity index (χ4n) is 3.97. The molecular formula is C23H29ClN6OS. The molecule has 3 aromatic rings. The van der Waals surface area contributed by atoms with Crippen LogP contribution in [0.3, 0.4) is 0 Å². The van der Waals surface area contributed by atoms with E-state index < -0.39 is 0 Å². The van der Waals surface area contributed by atoms with E-state index in [9.17, 15) is 4.79 Å². The van der Waals surface area contributed by atoms with Crippen molar-refractivity contribution in [1.29, 1.82) is 0 Å². The number of nitrogens with one attached hydrogen (secondary N) is 2. The maximum Gasteiger partial charge on any atom is 0.251 e. The van der Waals surface area contributed by atoms with Gasteiger partial charge in [0.05, 0.1) is 16.1 Å². The van der Waals surface area contributed by atoms with Gasteiger partial charge in [0.2, 0.25) is 5.95 Å². The number of carbonyl (C=O) groups is 1. The number of rotatable bonds is 7. The molecule has 0 radical (unpaired) electrons. The Morgan fingerprint density at radius 1 is 1.34 bits per heavy atom. The fraction of sp³-hybridized carbons (Fsp3) is 0.435. The molecule has 9 heteroatoms. The predicted molar refractivity (Wildman–Crippen MR) is 133 cm³/mol. The topological polar surface area (TPSA) is 73.4 Å². The summed E-state index contributed by atoms with van der Waals surface area (Å²) >= 11 is 8.01. The quantitative estimate of drug-likeness (QED) is 0.509. The second-order valence-corrected chi connectivity index (χ2v) is 9.70. The largest absolute Gasteiger partial charge is 0.355 e. The number of piperazine rings is 1. The molecule has 2 N–H and O–H groups in total. The smallest absolute Gasteiger partial charge is 0.251 e. The van der Waals surface area contributed by atoms with Crippen LogP contribution in [0.5, 0.6) is 0 Å². The SMILES string of the molecule is CNC(=O)c1cccc2sc(-c3nc(NCCCN4CCN(C)C(C)C4)ncc3Cl)cc12. The first kappa shape index (κ1) is 22.9. The Labute approximate surface area is 197 Å². The van der Waals surface area contributed by atoms with E-state index in [1.165, 1.54) is 0 Å². The molecule has 0 aliphatic carbocycles. The van der Waals surface area contributed by atoms with Gasteiger partial charge in [-0.2, -0.15) is 0 Å². The van der Waals surface area contributed by atoms with Crippen LogP contribution in [0.1, 0.15) is 23.7 Å². The van der Waals surface area contributed by atoms with Crippen molar-refractivity contribution < 1.29 is 4.79 Å². The van der Waals surface area contributed by atoms with E-state index in [-0.39, 0.29) is 5.91 Å². The van der Waals surface area contributed by atoms with E-state index in [2.05, 4.69) is 44.4 Å². The molecule has 32 heavy (non-hydrogen) atoms. The number of anilines is 1. The molecule has 3 heterocycles. The first-order valence-electron chi connectivity index (χ1n) is 10.9. The minimum absolute atomic E-state index is 0.106. The molecule has 1 aliphatic rings. The molecular weight excluding hydrogens is 444 g/mol. The standard InChI is InChI=1S/C23H29ClN6OS/c1-15-14-30(11-10-29(15)3)9-5-8-26-23-27-13-18(24)21(28-23)20-12-17-16(22(31)25-2)6-4-7-19(17)32-20/h4,6-7,12-13,15H,5,8-11,14H2,1-3H3,(H,25,31)(H,26,27,28). The van der Waals surface area contributed by atoms with E-state index >= 15 is 0 Å². The van der Waals surface area contributed by atoms with Crippen LogP contribution in [0.25, 0.3) is 20.7 Å². The first-order chi connectivity index (χ1) is 15.5. The minimum Gasteiger partial charge on any atom is -0.355 e. The number of amides is 1. The van der Waals surface area contributed by atoms with Crippen LogP contribution in [0.2, 0.25) is 5.02 Å². The van der Waals surface area contributed by atoms with E-state index in [1.807, 2.05) is 24.3 Å². The van der Waals surface area contributed by atoms with Gasteiger partial charge in [-0.25, -0.2) is 9.97 Å². The third-order valence-corrected chi connectivity index (χ3v) is 7.37. The van der Waals surface area contributed by atoms with Gasteiger partial charge in [0, 0.05) is 54.9 Å². The van der Waals surface area contributed by atoms with Gasteiger partial charge in [-0.05, 0) is 45.1 Å². The van der Waals surface area contributed by atoms with Crippen LogP contribution in [-0.4, -0.2) is 78.5 Å². The highest BCUT2D eigenvalue weighted by Crippen LogP contribution is 2.37. The molecule has 1 unspecified atom stereocenters. The van der Waals surface area contributed by atoms with Gasteiger partial charge in [-0.15, -0.1) is 11.3 Å². The molecule has 2 aromatic heterocycles. The van der Waals surface area contributed by atoms with Gasteiger partial charge >= 0.3 is 0 Å². The summed E-state index contributed by atoms with van der Waals surface area (Å²) in [5.74, 6) is 0.464. The molecule has 1 saturated heterocycles. The lowest BCUT2D eigenvalue weighted by atomic mass is 10.1. The summed E-state index contributed by atoms with van der Waals surface area (Å²) in [6.45, 7) is 7.49. The Morgan fingerprint density at radius 2 is 2.19 bits per heavy atom. The van der Waals surface area contributed by atoms with Crippen LogP contribution < -0.4 is 10.6 Å². The molecule has 0 spiro atoms. The highest BCUT2D eigenvalue weighted by Gasteiger charge is 2.20. The molecule has 4 rings (SSSR count). The number of hydrogen-bond donors (Lipinski definition) is 2. The summed E-state index contributed by atoms with van der Waals surface area (Å²) in [7, 11) is 3.83. The summed E-state index contributed by atoms with van der Waals surface area (Å²) in [6, 6.07) is 8.31. The summed E-state index contributed by atoms with van der Waals surface area (Å²) in [4.78, 5) is 27.1. The lowest BCUT2D eigenvalue weighted by molar-refractivity contribution is 0.0964. The second-order valence-electron chi connectivity index (χ2n) is 8.21. The maximum absolute atomic E-state index is 12.2. The van der Waals surface area contributed by atoms with Crippen LogP contribution in [0.15, 0.2) is 30.5 Å². The van der Waals surface area contributed by atoms with Crippen molar-refractivity contribution in [2.24, 2.45) is 0 Å². The van der Waals surface area contributed by atoms with Gasteiger partial charge in [-0.1, -0.05) is 17.7 Å². The van der Waals surface area contributed by atoms with Crippen molar-refractivity contribution in [3.05, 3.63) is 41.0 Å². The van der Waals surface area contributed by atoms with Crippen molar-refractivity contribution in [3.8, 4) is 10.6 Å². The zero-order valence-corrected chi connectivity index (χ0v) is 20.3. The number of nitrogens with zero attached hydrogens (tertiary/aromatic N) is 4. The maximum atomic E-state index is 12.2. The molecule has 1 aromatic carbocycles. The number of likely N-dealkylation sites (N-methyl/N-ethyl adjacent to an activating group) is 1. The van der Waals surface area contributed by atoms with Crippen LogP contribution in [0.4, 0.5) is 5.95 Å². The molecule has 1 fully saturated rings. The lowest BCUT2D eigenvalue weighted by Gasteiger charge is -2.37. The summed E-state index contributed by atoms with van der Waals surface area (Å²) in [6.07, 6.45) is 2.66. The minimum atomic E-state index is -0.106. The monoisotopic (exact) mass is 472 g/mol. The Morgan fingerprint density at radius 3 is 2.97 bits per heavy atom. The third-order valence-electron chi connectivity index (χ3n) is 5.99. The van der Waals surface area contributed by atoms with Crippen LogP contribution in [-0.2, 0) is 0 Å². The van der Waals surface area contributed by atoms with Gasteiger partial charge < -0.3 is 20.4 Å². The second kappa shape index (κ2) is 10.1. The Hall–Kier alpha value is -2.26. The van der Waals surface area contributed by atoms with Gasteiger partial charge in [0.25, 0.3) is 5.91 Å². The summed E-state index contributed by atoms with van der Waals surface area (Å²) < 4.78 is 1.02. The van der Waals surface area contributed by atoms with Crippen molar-refractivity contribution in [2.75, 3.05) is 52.1 Å². The predicted octanol–water partition coefficient (Wildman–Crippen LogP) is 3.81. The van der Waals surface area contributed by atoms with Gasteiger partial charge in [0.15, 0.2) is 0 Å². The molecule has 7 nitrogen and oxygen atoms in total. The van der Waals surface area contributed by atoms with E-state index in [1.54, 1.807) is 24.6 Å². The van der Waals surface area contributed by atoms with Crippen molar-refractivity contribution >= 4 is 44.9 Å². The van der Waals surface area contributed by atoms with Gasteiger partial charge in [0.1, 0.15) is 5.69 Å². The summed E-state index contributed by atoms with van der Waals surface area (Å²) in [5.41, 5.74) is 1.33. The van der Waals surface area contributed by atoms with Crippen molar-refractivity contribution in [3.63, 3.8) is 0 Å². The number of carbonyl (C=O) groups excluding carboxylic acids is 1. The third kappa shape index (κ3) is 5.04. The molecule has 0 bridgehead atoms. The molecule has 1 aliphatic heterocycles. The van der Waals surface area contributed by atoms with E-state index in [0.29, 0.717) is 28.3 Å². The highest BCUT2D eigenvalue weighted by molar-refractivity contribution is 7.22. The summed E-state index contributed by atoms with van der Waals surface area (Å²) in [5, 5.41) is 7.43. The van der Waals surface area contributed by atoms with Gasteiger partial charge in [-0.3, -0.25) is 4.79 Å². The Balaban J connectivity index is 1.43. The Kier molecular flexibility index (Phi) is 7.25. The molecule has 0 saturated carbocycles. The van der Waals surface area contributed by atoms with E-state index in [0.717, 1.165) is 54.1 Å². The van der Waals surface area contributed by atoms with Crippen molar-refractivity contribution in [2.45, 2.75) is 19.4 Å². The number of benzene rings is 1. The first-order valence-corrected chi connectivity index (χ1v) is 12.1. The van der Waals surface area contributed by atoms with Crippen molar-refractivity contribution in [1.82, 2.24) is 25.1 Å². The average molecular weight is 473 g/mol. The molecule has 1 amide bonds. The average Bonchev–Trinajstić information content (AvgIpc) is 3.23. The van der Waals surface area contributed by atoms with Crippen LogP contribution >= 0.6 is 22.9 Å². The number of fused-ring (bicyclic) bond motifs is 1. The van der Waals surface area contributed by atoms with Crippen LogP contribution in [0, 0.1) is 0 Å². The number of thiophene rings is 1. The molecule has 170 valence electrons.